The quantitative estimate of drug-likeness (QED) is 0.693. The lowest BCUT2D eigenvalue weighted by Gasteiger charge is -2.01. The average molecular weight is 261 g/mol. The molecular weight excluding hydrogens is 251 g/mol. The summed E-state index contributed by atoms with van der Waals surface area (Å²) in [6, 6.07) is 10.4. The normalized spacial score (nSPS) is 11.1. The molecule has 0 atom stereocenters. The van der Waals surface area contributed by atoms with E-state index in [2.05, 4.69) is 9.97 Å². The minimum Gasteiger partial charge on any atom is -0.338 e. The van der Waals surface area contributed by atoms with Crippen LogP contribution in [0.15, 0.2) is 36.4 Å². The van der Waals surface area contributed by atoms with Gasteiger partial charge in [0.1, 0.15) is 11.6 Å². The van der Waals surface area contributed by atoms with Gasteiger partial charge in [-0.2, -0.15) is 0 Å². The topological polar surface area (TPSA) is 28.7 Å². The third-order valence-corrected chi connectivity index (χ3v) is 3.15. The molecule has 0 aliphatic carbocycles. The Bertz CT molecular complexity index is 713. The molecule has 0 fully saturated rings. The lowest BCUT2D eigenvalue weighted by atomic mass is 10.2. The van der Waals surface area contributed by atoms with Crippen LogP contribution in [-0.2, 0) is 0 Å². The Labute approximate surface area is 108 Å². The monoisotopic (exact) mass is 260 g/mol. The van der Waals surface area contributed by atoms with E-state index in [1.54, 1.807) is 12.1 Å². The summed E-state index contributed by atoms with van der Waals surface area (Å²) >= 11 is 6.02. The second-order valence-electron chi connectivity index (χ2n) is 4.20. The number of rotatable bonds is 1. The number of hydrogen-bond acceptors (Lipinski definition) is 1. The van der Waals surface area contributed by atoms with Crippen LogP contribution in [0, 0.1) is 12.7 Å². The maximum Gasteiger partial charge on any atom is 0.142 e. The standard InChI is InChI=1S/C14H10ClFN2/c1-8-5-6-11-12(7-8)18-14(17-11)13-9(15)3-2-4-10(13)16/h2-7H,1H3,(H,17,18). The minimum atomic E-state index is -0.377. The van der Waals surface area contributed by atoms with Gasteiger partial charge in [0.2, 0.25) is 0 Å². The number of halogens is 2. The Hall–Kier alpha value is -1.87. The van der Waals surface area contributed by atoms with E-state index in [0.717, 1.165) is 16.6 Å². The van der Waals surface area contributed by atoms with Crippen molar-refractivity contribution in [3.05, 3.63) is 52.8 Å². The third kappa shape index (κ3) is 1.77. The molecule has 3 rings (SSSR count). The smallest absolute Gasteiger partial charge is 0.142 e. The number of aromatic amines is 1. The molecule has 1 heterocycles. The van der Waals surface area contributed by atoms with Crippen molar-refractivity contribution in [3.63, 3.8) is 0 Å². The molecule has 2 nitrogen and oxygen atoms in total. The van der Waals surface area contributed by atoms with Crippen LogP contribution in [0.4, 0.5) is 4.39 Å². The first-order valence-corrected chi connectivity index (χ1v) is 5.94. The first-order valence-electron chi connectivity index (χ1n) is 5.56. The maximum absolute atomic E-state index is 13.8. The van der Waals surface area contributed by atoms with Gasteiger partial charge in [-0.15, -0.1) is 0 Å². The number of fused-ring (bicyclic) bond motifs is 1. The molecule has 18 heavy (non-hydrogen) atoms. The molecule has 1 N–H and O–H groups in total. The molecule has 90 valence electrons. The van der Waals surface area contributed by atoms with Gasteiger partial charge in [-0.25, -0.2) is 9.37 Å². The molecule has 0 unspecified atom stereocenters. The van der Waals surface area contributed by atoms with Gasteiger partial charge in [0.05, 0.1) is 21.6 Å². The summed E-state index contributed by atoms with van der Waals surface area (Å²) in [5.74, 6) is 0.0805. The molecule has 0 aliphatic rings. The van der Waals surface area contributed by atoms with Crippen molar-refractivity contribution in [1.29, 1.82) is 0 Å². The number of aromatic nitrogens is 2. The Morgan fingerprint density at radius 1 is 1.22 bits per heavy atom. The number of imidazole rings is 1. The molecule has 1 aromatic heterocycles. The molecule has 0 spiro atoms. The Morgan fingerprint density at radius 2 is 2.06 bits per heavy atom. The predicted molar refractivity (Wildman–Crippen MR) is 71.2 cm³/mol. The first-order chi connectivity index (χ1) is 8.65. The highest BCUT2D eigenvalue weighted by molar-refractivity contribution is 6.33. The number of aryl methyl sites for hydroxylation is 1. The Morgan fingerprint density at radius 3 is 2.83 bits per heavy atom. The van der Waals surface area contributed by atoms with Crippen molar-refractivity contribution >= 4 is 22.6 Å². The first kappa shape index (κ1) is 11.2. The number of nitrogens with zero attached hydrogens (tertiary/aromatic N) is 1. The summed E-state index contributed by atoms with van der Waals surface area (Å²) < 4.78 is 13.8. The number of hydrogen-bond donors (Lipinski definition) is 1. The van der Waals surface area contributed by atoms with Gasteiger partial charge in [-0.3, -0.25) is 0 Å². The number of nitrogens with one attached hydrogen (secondary N) is 1. The summed E-state index contributed by atoms with van der Waals surface area (Å²) in [6.07, 6.45) is 0. The highest BCUT2D eigenvalue weighted by Gasteiger charge is 2.13. The average Bonchev–Trinajstić information content (AvgIpc) is 2.71. The molecule has 0 bridgehead atoms. The molecule has 4 heteroatoms. The molecular formula is C14H10ClFN2. The van der Waals surface area contributed by atoms with Crippen LogP contribution < -0.4 is 0 Å². The van der Waals surface area contributed by atoms with E-state index < -0.39 is 0 Å². The second kappa shape index (κ2) is 4.10. The van der Waals surface area contributed by atoms with Gasteiger partial charge >= 0.3 is 0 Å². The number of H-pyrrole nitrogens is 1. The van der Waals surface area contributed by atoms with E-state index in [4.69, 9.17) is 11.6 Å². The number of benzene rings is 2. The van der Waals surface area contributed by atoms with E-state index in [1.165, 1.54) is 6.07 Å². The summed E-state index contributed by atoms with van der Waals surface area (Å²) in [7, 11) is 0. The van der Waals surface area contributed by atoms with Crippen molar-refractivity contribution in [3.8, 4) is 11.4 Å². The fourth-order valence-electron chi connectivity index (χ4n) is 1.97. The molecule has 0 radical (unpaired) electrons. The van der Waals surface area contributed by atoms with Crippen molar-refractivity contribution in [2.24, 2.45) is 0 Å². The highest BCUT2D eigenvalue weighted by Crippen LogP contribution is 2.29. The van der Waals surface area contributed by atoms with E-state index in [-0.39, 0.29) is 5.82 Å². The Balaban J connectivity index is 2.26. The van der Waals surface area contributed by atoms with E-state index in [0.29, 0.717) is 16.4 Å². The van der Waals surface area contributed by atoms with E-state index in [1.807, 2.05) is 25.1 Å². The van der Waals surface area contributed by atoms with Gasteiger partial charge in [-0.1, -0.05) is 23.7 Å². The van der Waals surface area contributed by atoms with Gasteiger partial charge in [0.25, 0.3) is 0 Å². The Kier molecular flexibility index (Phi) is 2.56. The van der Waals surface area contributed by atoms with Gasteiger partial charge in [0, 0.05) is 0 Å². The SMILES string of the molecule is Cc1ccc2nc(-c3c(F)cccc3Cl)[nH]c2c1. The van der Waals surface area contributed by atoms with Crippen LogP contribution >= 0.6 is 11.6 Å². The molecule has 0 saturated heterocycles. The largest absolute Gasteiger partial charge is 0.338 e. The molecule has 0 aliphatic heterocycles. The molecule has 2 aromatic carbocycles. The van der Waals surface area contributed by atoms with Crippen molar-refractivity contribution in [2.45, 2.75) is 6.92 Å². The summed E-state index contributed by atoms with van der Waals surface area (Å²) in [5.41, 5.74) is 3.12. The fraction of sp³-hybridized carbons (Fsp3) is 0.0714. The van der Waals surface area contributed by atoms with Gasteiger partial charge < -0.3 is 4.98 Å². The van der Waals surface area contributed by atoms with Gasteiger partial charge in [0.15, 0.2) is 0 Å². The zero-order valence-corrected chi connectivity index (χ0v) is 10.4. The second-order valence-corrected chi connectivity index (χ2v) is 4.61. The van der Waals surface area contributed by atoms with Crippen LogP contribution in [-0.4, -0.2) is 9.97 Å². The zero-order valence-electron chi connectivity index (χ0n) is 9.67. The van der Waals surface area contributed by atoms with Crippen molar-refractivity contribution in [1.82, 2.24) is 9.97 Å². The lowest BCUT2D eigenvalue weighted by Crippen LogP contribution is -1.87. The maximum atomic E-state index is 13.8. The predicted octanol–water partition coefficient (Wildman–Crippen LogP) is 4.33. The van der Waals surface area contributed by atoms with Crippen LogP contribution in [0.1, 0.15) is 5.56 Å². The van der Waals surface area contributed by atoms with Crippen LogP contribution in [0.5, 0.6) is 0 Å². The zero-order chi connectivity index (χ0) is 12.7. The summed E-state index contributed by atoms with van der Waals surface area (Å²) in [4.78, 5) is 7.46. The fourth-order valence-corrected chi connectivity index (χ4v) is 2.22. The summed E-state index contributed by atoms with van der Waals surface area (Å²) in [6.45, 7) is 2.00. The van der Waals surface area contributed by atoms with Crippen molar-refractivity contribution in [2.75, 3.05) is 0 Å². The highest BCUT2D eigenvalue weighted by atomic mass is 35.5. The van der Waals surface area contributed by atoms with Crippen LogP contribution in [0.25, 0.3) is 22.4 Å². The molecule has 3 aromatic rings. The van der Waals surface area contributed by atoms with E-state index in [9.17, 15) is 4.39 Å². The lowest BCUT2D eigenvalue weighted by molar-refractivity contribution is 0.630. The molecule has 0 saturated carbocycles. The van der Waals surface area contributed by atoms with E-state index >= 15 is 0 Å². The van der Waals surface area contributed by atoms with Crippen LogP contribution in [0.2, 0.25) is 5.02 Å². The van der Waals surface area contributed by atoms with Crippen molar-refractivity contribution < 1.29 is 4.39 Å². The molecule has 0 amide bonds. The van der Waals surface area contributed by atoms with Crippen LogP contribution in [0.3, 0.4) is 0 Å². The summed E-state index contributed by atoms with van der Waals surface area (Å²) in [5, 5.41) is 0.353. The van der Waals surface area contributed by atoms with Gasteiger partial charge in [-0.05, 0) is 36.8 Å². The third-order valence-electron chi connectivity index (χ3n) is 2.84. The minimum absolute atomic E-state index is 0.313.